The molecule has 0 bridgehead atoms. The minimum absolute atomic E-state index is 0.264. The normalized spacial score (nSPS) is 15.2. The van der Waals surface area contributed by atoms with Crippen LogP contribution in [0.25, 0.3) is 0 Å². The molecule has 0 saturated heterocycles. The zero-order valence-corrected chi connectivity index (χ0v) is 10.3. The number of nitrogens with one attached hydrogen (secondary N) is 3. The van der Waals surface area contributed by atoms with E-state index in [0.717, 1.165) is 32.7 Å². The van der Waals surface area contributed by atoms with Gasteiger partial charge in [0.15, 0.2) is 0 Å². The average molecular weight is 217 g/mol. The van der Waals surface area contributed by atoms with Crippen LogP contribution in [-0.2, 0) is 0 Å². The molecule has 0 aromatic heterocycles. The molecule has 0 saturated carbocycles. The molecule has 0 fully saturated rings. The van der Waals surface area contributed by atoms with E-state index in [4.69, 9.17) is 5.11 Å². The Kier molecular flexibility index (Phi) is 10.3. The van der Waals surface area contributed by atoms with Crippen LogP contribution in [0.3, 0.4) is 0 Å². The first-order valence-electron chi connectivity index (χ1n) is 5.87. The molecule has 0 heterocycles. The molecule has 0 unspecified atom stereocenters. The van der Waals surface area contributed by atoms with E-state index < -0.39 is 0 Å². The van der Waals surface area contributed by atoms with Crippen molar-refractivity contribution in [3.8, 4) is 0 Å². The fraction of sp³-hybridized carbons (Fsp3) is 1.00. The highest BCUT2D eigenvalue weighted by Gasteiger charge is 2.00. The van der Waals surface area contributed by atoms with Gasteiger partial charge in [0.2, 0.25) is 0 Å². The second-order valence-corrected chi connectivity index (χ2v) is 4.36. The Morgan fingerprint density at radius 1 is 0.933 bits per heavy atom. The molecule has 0 spiro atoms. The van der Waals surface area contributed by atoms with Crippen molar-refractivity contribution in [2.24, 2.45) is 11.8 Å². The lowest BCUT2D eigenvalue weighted by Gasteiger charge is -2.13. The molecule has 15 heavy (non-hydrogen) atoms. The third-order valence-electron chi connectivity index (χ3n) is 2.33. The van der Waals surface area contributed by atoms with Crippen LogP contribution < -0.4 is 16.0 Å². The predicted molar refractivity (Wildman–Crippen MR) is 65.1 cm³/mol. The molecule has 0 aliphatic heterocycles. The second-order valence-electron chi connectivity index (χ2n) is 4.36. The van der Waals surface area contributed by atoms with E-state index in [1.165, 1.54) is 0 Å². The highest BCUT2D eigenvalue weighted by molar-refractivity contribution is 4.60. The van der Waals surface area contributed by atoms with Crippen molar-refractivity contribution in [3.63, 3.8) is 0 Å². The maximum absolute atomic E-state index is 8.81. The summed E-state index contributed by atoms with van der Waals surface area (Å²) in [7, 11) is 1.98. The van der Waals surface area contributed by atoms with Crippen LogP contribution in [0.4, 0.5) is 0 Å². The van der Waals surface area contributed by atoms with E-state index in [0.29, 0.717) is 11.8 Å². The summed E-state index contributed by atoms with van der Waals surface area (Å²) in [5.41, 5.74) is 0. The first kappa shape index (κ1) is 14.8. The lowest BCUT2D eigenvalue weighted by atomic mass is 10.2. The number of aliphatic hydroxyl groups excluding tert-OH is 1. The minimum Gasteiger partial charge on any atom is -0.396 e. The van der Waals surface area contributed by atoms with Gasteiger partial charge in [-0.15, -0.1) is 0 Å². The summed E-state index contributed by atoms with van der Waals surface area (Å²) < 4.78 is 0. The Balaban J connectivity index is 3.11. The van der Waals surface area contributed by atoms with Crippen LogP contribution in [0, 0.1) is 11.8 Å². The van der Waals surface area contributed by atoms with Gasteiger partial charge in [0, 0.05) is 19.7 Å². The molecule has 0 aromatic rings. The van der Waals surface area contributed by atoms with Crippen molar-refractivity contribution in [2.45, 2.75) is 13.8 Å². The Bertz CT molecular complexity index is 133. The summed E-state index contributed by atoms with van der Waals surface area (Å²) in [4.78, 5) is 0. The third-order valence-corrected chi connectivity index (χ3v) is 2.33. The van der Waals surface area contributed by atoms with Gasteiger partial charge in [-0.05, 0) is 38.5 Å². The molecule has 0 aliphatic rings. The van der Waals surface area contributed by atoms with Gasteiger partial charge in [0.1, 0.15) is 0 Å². The van der Waals surface area contributed by atoms with E-state index in [2.05, 4.69) is 22.9 Å². The summed E-state index contributed by atoms with van der Waals surface area (Å²) in [6.07, 6.45) is 0. The Morgan fingerprint density at radius 2 is 1.47 bits per heavy atom. The molecular weight excluding hydrogens is 190 g/mol. The highest BCUT2D eigenvalue weighted by atomic mass is 16.3. The van der Waals surface area contributed by atoms with E-state index in [9.17, 15) is 0 Å². The van der Waals surface area contributed by atoms with Gasteiger partial charge in [-0.1, -0.05) is 13.8 Å². The maximum atomic E-state index is 8.81. The van der Waals surface area contributed by atoms with Crippen LogP contribution in [0.15, 0.2) is 0 Å². The van der Waals surface area contributed by atoms with Crippen LogP contribution in [-0.4, -0.2) is 51.5 Å². The van der Waals surface area contributed by atoms with E-state index >= 15 is 0 Å². The van der Waals surface area contributed by atoms with Crippen molar-refractivity contribution in [2.75, 3.05) is 46.4 Å². The van der Waals surface area contributed by atoms with Crippen molar-refractivity contribution in [1.82, 2.24) is 16.0 Å². The zero-order valence-electron chi connectivity index (χ0n) is 10.3. The Labute approximate surface area is 93.8 Å². The van der Waals surface area contributed by atoms with Crippen LogP contribution in [0.1, 0.15) is 13.8 Å². The summed E-state index contributed by atoms with van der Waals surface area (Å²) in [6.45, 7) is 9.49. The number of hydrogen-bond acceptors (Lipinski definition) is 4. The monoisotopic (exact) mass is 217 g/mol. The Morgan fingerprint density at radius 3 is 1.93 bits per heavy atom. The van der Waals surface area contributed by atoms with Gasteiger partial charge in [-0.3, -0.25) is 0 Å². The van der Waals surface area contributed by atoms with Crippen molar-refractivity contribution >= 4 is 0 Å². The molecular formula is C11H27N3O. The van der Waals surface area contributed by atoms with Crippen molar-refractivity contribution < 1.29 is 5.11 Å². The molecule has 0 aromatic carbocycles. The number of hydrogen-bond donors (Lipinski definition) is 4. The minimum atomic E-state index is 0.264. The second kappa shape index (κ2) is 10.4. The van der Waals surface area contributed by atoms with Gasteiger partial charge >= 0.3 is 0 Å². The molecule has 0 aliphatic carbocycles. The maximum Gasteiger partial charge on any atom is 0.0468 e. The highest BCUT2D eigenvalue weighted by Crippen LogP contribution is 1.89. The van der Waals surface area contributed by atoms with Gasteiger partial charge in [-0.2, -0.15) is 0 Å². The van der Waals surface area contributed by atoms with Gasteiger partial charge in [0.25, 0.3) is 0 Å². The van der Waals surface area contributed by atoms with Crippen molar-refractivity contribution in [1.29, 1.82) is 0 Å². The molecule has 4 heteroatoms. The summed E-state index contributed by atoms with van der Waals surface area (Å²) in [5, 5.41) is 18.7. The Hall–Kier alpha value is -0.160. The topological polar surface area (TPSA) is 56.3 Å². The molecule has 0 amide bonds. The molecule has 0 rings (SSSR count). The van der Waals surface area contributed by atoms with Crippen molar-refractivity contribution in [3.05, 3.63) is 0 Å². The molecule has 0 radical (unpaired) electrons. The summed E-state index contributed by atoms with van der Waals surface area (Å²) in [6, 6.07) is 0. The van der Waals surface area contributed by atoms with Crippen LogP contribution >= 0.6 is 0 Å². The third kappa shape index (κ3) is 10.1. The van der Waals surface area contributed by atoms with Gasteiger partial charge in [0.05, 0.1) is 0 Å². The SMILES string of the molecule is CNC[C@@H](C)CNCCNC[C@@H](C)CO. The standard InChI is InChI=1S/C11H27N3O/c1-10(6-12-3)7-13-4-5-14-8-11(2)9-15/h10-15H,4-9H2,1-3H3/t10-,11-/m1/s1. The quantitative estimate of drug-likeness (QED) is 0.378. The van der Waals surface area contributed by atoms with E-state index in [-0.39, 0.29) is 6.61 Å². The molecule has 92 valence electrons. The average Bonchev–Trinajstić information content (AvgIpc) is 2.23. The largest absolute Gasteiger partial charge is 0.396 e. The van der Waals surface area contributed by atoms with Gasteiger partial charge < -0.3 is 21.1 Å². The molecule has 4 nitrogen and oxygen atoms in total. The zero-order chi connectivity index (χ0) is 11.5. The fourth-order valence-corrected chi connectivity index (χ4v) is 1.36. The molecule has 4 N–H and O–H groups in total. The first-order chi connectivity index (χ1) is 7.20. The lowest BCUT2D eigenvalue weighted by Crippen LogP contribution is -2.34. The fourth-order valence-electron chi connectivity index (χ4n) is 1.36. The van der Waals surface area contributed by atoms with Gasteiger partial charge in [-0.25, -0.2) is 0 Å². The number of aliphatic hydroxyl groups is 1. The lowest BCUT2D eigenvalue weighted by molar-refractivity contribution is 0.234. The number of rotatable bonds is 10. The van der Waals surface area contributed by atoms with E-state index in [1.807, 2.05) is 14.0 Å². The molecule has 2 atom stereocenters. The first-order valence-corrected chi connectivity index (χ1v) is 5.87. The van der Waals surface area contributed by atoms with Crippen LogP contribution in [0.2, 0.25) is 0 Å². The van der Waals surface area contributed by atoms with Crippen LogP contribution in [0.5, 0.6) is 0 Å². The summed E-state index contributed by atoms with van der Waals surface area (Å²) in [5.74, 6) is 1.03. The predicted octanol–water partition coefficient (Wildman–Crippen LogP) is -0.350. The smallest absolute Gasteiger partial charge is 0.0468 e. The van der Waals surface area contributed by atoms with E-state index in [1.54, 1.807) is 0 Å². The summed E-state index contributed by atoms with van der Waals surface area (Å²) >= 11 is 0.